The fourth-order valence-corrected chi connectivity index (χ4v) is 3.66. The Morgan fingerprint density at radius 1 is 1.28 bits per heavy atom. The van der Waals surface area contributed by atoms with Crippen LogP contribution in [0.15, 0.2) is 30.3 Å². The molecular formula is C17H13ClN2O4S. The minimum atomic E-state index is -0.305. The first kappa shape index (κ1) is 16.0. The lowest BCUT2D eigenvalue weighted by Gasteiger charge is -2.21. The largest absolute Gasteiger partial charge is 0.493 e. The number of hydrogen-bond donors (Lipinski definition) is 1. The first-order valence-electron chi connectivity index (χ1n) is 7.49. The molecule has 0 aliphatic carbocycles. The molecule has 0 fully saturated rings. The average molecular weight is 377 g/mol. The summed E-state index contributed by atoms with van der Waals surface area (Å²) in [4.78, 5) is 17.0. The highest BCUT2D eigenvalue weighted by atomic mass is 35.5. The van der Waals surface area contributed by atoms with E-state index in [1.807, 2.05) is 12.1 Å². The van der Waals surface area contributed by atoms with Gasteiger partial charge in [0.1, 0.15) is 13.2 Å². The Kier molecular flexibility index (Phi) is 4.10. The van der Waals surface area contributed by atoms with Gasteiger partial charge in [-0.2, -0.15) is 0 Å². The predicted octanol–water partition coefficient (Wildman–Crippen LogP) is 3.98. The molecule has 1 aliphatic heterocycles. The molecule has 1 N–H and O–H groups in total. The monoisotopic (exact) mass is 376 g/mol. The fourth-order valence-electron chi connectivity index (χ4n) is 2.53. The van der Waals surface area contributed by atoms with Gasteiger partial charge in [-0.1, -0.05) is 22.9 Å². The number of carbonyl (C=O) groups is 1. The molecule has 1 aromatic heterocycles. The number of hydrogen-bond acceptors (Lipinski definition) is 6. The molecule has 4 rings (SSSR count). The number of anilines is 1. The van der Waals surface area contributed by atoms with Crippen LogP contribution in [0.5, 0.6) is 17.2 Å². The van der Waals surface area contributed by atoms with Crippen LogP contribution in [0.2, 0.25) is 5.02 Å². The number of benzene rings is 2. The van der Waals surface area contributed by atoms with Crippen molar-refractivity contribution in [1.29, 1.82) is 0 Å². The lowest BCUT2D eigenvalue weighted by Crippen LogP contribution is -2.18. The Balaban J connectivity index is 1.63. The number of fused-ring (bicyclic) bond motifs is 2. The molecule has 2 heterocycles. The minimum Gasteiger partial charge on any atom is -0.493 e. The molecule has 0 radical (unpaired) electrons. The molecule has 0 atom stereocenters. The maximum Gasteiger partial charge on any atom is 0.257 e. The third-order valence-corrected chi connectivity index (χ3v) is 4.83. The van der Waals surface area contributed by atoms with Gasteiger partial charge in [0.2, 0.25) is 5.75 Å². The normalized spacial score (nSPS) is 12.9. The SMILES string of the molecule is COc1cc(C(=O)Nc2nc3ccc(Cl)cc3s2)cc2c1OCCO2. The number of methoxy groups -OCH3 is 1. The van der Waals surface area contributed by atoms with Crippen LogP contribution in [-0.2, 0) is 0 Å². The van der Waals surface area contributed by atoms with E-state index in [-0.39, 0.29) is 5.91 Å². The zero-order chi connectivity index (χ0) is 17.4. The molecule has 0 saturated carbocycles. The summed E-state index contributed by atoms with van der Waals surface area (Å²) in [6.45, 7) is 0.878. The van der Waals surface area contributed by atoms with E-state index in [0.29, 0.717) is 46.2 Å². The Morgan fingerprint density at radius 3 is 2.96 bits per heavy atom. The van der Waals surface area contributed by atoms with E-state index < -0.39 is 0 Å². The quantitative estimate of drug-likeness (QED) is 0.748. The Labute approximate surface area is 152 Å². The molecule has 0 unspecified atom stereocenters. The van der Waals surface area contributed by atoms with E-state index in [9.17, 15) is 4.79 Å². The summed E-state index contributed by atoms with van der Waals surface area (Å²) < 4.78 is 17.3. The van der Waals surface area contributed by atoms with Crippen molar-refractivity contribution in [3.8, 4) is 17.2 Å². The van der Waals surface area contributed by atoms with Gasteiger partial charge in [-0.3, -0.25) is 10.1 Å². The van der Waals surface area contributed by atoms with Crippen molar-refractivity contribution in [2.75, 3.05) is 25.6 Å². The molecule has 2 aromatic carbocycles. The van der Waals surface area contributed by atoms with Crippen molar-refractivity contribution in [1.82, 2.24) is 4.98 Å². The first-order valence-corrected chi connectivity index (χ1v) is 8.68. The van der Waals surface area contributed by atoms with Gasteiger partial charge in [-0.05, 0) is 30.3 Å². The Bertz CT molecular complexity index is 955. The maximum atomic E-state index is 12.6. The second-order valence-electron chi connectivity index (χ2n) is 5.29. The van der Waals surface area contributed by atoms with Gasteiger partial charge < -0.3 is 14.2 Å². The summed E-state index contributed by atoms with van der Waals surface area (Å²) in [5.74, 6) is 1.16. The molecule has 8 heteroatoms. The van der Waals surface area contributed by atoms with Crippen molar-refractivity contribution in [2.24, 2.45) is 0 Å². The molecule has 25 heavy (non-hydrogen) atoms. The molecular weight excluding hydrogens is 364 g/mol. The number of nitrogens with one attached hydrogen (secondary N) is 1. The molecule has 128 valence electrons. The smallest absolute Gasteiger partial charge is 0.257 e. The van der Waals surface area contributed by atoms with Gasteiger partial charge in [0, 0.05) is 10.6 Å². The van der Waals surface area contributed by atoms with Gasteiger partial charge in [0.25, 0.3) is 5.91 Å². The number of amides is 1. The average Bonchev–Trinajstić information content (AvgIpc) is 3.01. The number of halogens is 1. The van der Waals surface area contributed by atoms with Gasteiger partial charge in [0.05, 0.1) is 17.3 Å². The molecule has 1 amide bonds. The number of ether oxygens (including phenoxy) is 3. The summed E-state index contributed by atoms with van der Waals surface area (Å²) in [5, 5.41) is 3.93. The Hall–Kier alpha value is -2.51. The van der Waals surface area contributed by atoms with Crippen LogP contribution in [0.25, 0.3) is 10.2 Å². The van der Waals surface area contributed by atoms with Crippen molar-refractivity contribution in [2.45, 2.75) is 0 Å². The molecule has 0 saturated heterocycles. The number of carbonyl (C=O) groups excluding carboxylic acids is 1. The van der Waals surface area contributed by atoms with Gasteiger partial charge in [0.15, 0.2) is 16.6 Å². The Morgan fingerprint density at radius 2 is 2.12 bits per heavy atom. The number of aromatic nitrogens is 1. The molecule has 0 spiro atoms. The van der Waals surface area contributed by atoms with E-state index in [1.54, 1.807) is 18.2 Å². The standard InChI is InChI=1S/C17H13ClN2O4S/c1-22-12-6-9(7-13-15(12)24-5-4-23-13)16(21)20-17-19-11-3-2-10(18)8-14(11)25-17/h2-3,6-8H,4-5H2,1H3,(H,19,20,21). The van der Waals surface area contributed by atoms with Crippen molar-refractivity contribution < 1.29 is 19.0 Å². The van der Waals surface area contributed by atoms with Gasteiger partial charge in [-0.25, -0.2) is 4.98 Å². The molecule has 3 aromatic rings. The zero-order valence-corrected chi connectivity index (χ0v) is 14.7. The van der Waals surface area contributed by atoms with E-state index in [0.717, 1.165) is 10.2 Å². The predicted molar refractivity (Wildman–Crippen MR) is 96.6 cm³/mol. The summed E-state index contributed by atoms with van der Waals surface area (Å²) >= 11 is 7.34. The van der Waals surface area contributed by atoms with Crippen molar-refractivity contribution >= 4 is 44.2 Å². The molecule has 1 aliphatic rings. The number of thiazole rings is 1. The summed E-state index contributed by atoms with van der Waals surface area (Å²) in [7, 11) is 1.52. The van der Waals surface area contributed by atoms with Gasteiger partial charge >= 0.3 is 0 Å². The fraction of sp³-hybridized carbons (Fsp3) is 0.176. The number of nitrogens with zero attached hydrogens (tertiary/aromatic N) is 1. The van der Waals surface area contributed by atoms with Crippen LogP contribution >= 0.6 is 22.9 Å². The van der Waals surface area contributed by atoms with Crippen LogP contribution in [0, 0.1) is 0 Å². The third-order valence-electron chi connectivity index (χ3n) is 3.66. The van der Waals surface area contributed by atoms with Crippen LogP contribution in [0.3, 0.4) is 0 Å². The highest BCUT2D eigenvalue weighted by molar-refractivity contribution is 7.22. The van der Waals surface area contributed by atoms with Crippen molar-refractivity contribution in [3.63, 3.8) is 0 Å². The van der Waals surface area contributed by atoms with Crippen LogP contribution < -0.4 is 19.5 Å². The third kappa shape index (κ3) is 3.08. The van der Waals surface area contributed by atoms with E-state index in [4.69, 9.17) is 25.8 Å². The van der Waals surface area contributed by atoms with E-state index in [1.165, 1.54) is 18.4 Å². The summed E-state index contributed by atoms with van der Waals surface area (Å²) in [5.41, 5.74) is 1.18. The maximum absolute atomic E-state index is 12.6. The molecule has 6 nitrogen and oxygen atoms in total. The van der Waals surface area contributed by atoms with Crippen LogP contribution in [-0.4, -0.2) is 31.2 Å². The first-order chi connectivity index (χ1) is 12.1. The summed E-state index contributed by atoms with van der Waals surface area (Å²) in [6.07, 6.45) is 0. The second kappa shape index (κ2) is 6.42. The lowest BCUT2D eigenvalue weighted by atomic mass is 10.1. The second-order valence-corrected chi connectivity index (χ2v) is 6.75. The van der Waals surface area contributed by atoms with Crippen LogP contribution in [0.4, 0.5) is 5.13 Å². The summed E-state index contributed by atoms with van der Waals surface area (Å²) in [6, 6.07) is 8.65. The van der Waals surface area contributed by atoms with Crippen LogP contribution in [0.1, 0.15) is 10.4 Å². The van der Waals surface area contributed by atoms with Gasteiger partial charge in [-0.15, -0.1) is 0 Å². The molecule has 0 bridgehead atoms. The topological polar surface area (TPSA) is 69.7 Å². The van der Waals surface area contributed by atoms with Crippen molar-refractivity contribution in [3.05, 3.63) is 40.9 Å². The minimum absolute atomic E-state index is 0.305. The number of rotatable bonds is 3. The lowest BCUT2D eigenvalue weighted by molar-refractivity contribution is 0.102. The van der Waals surface area contributed by atoms with E-state index >= 15 is 0 Å². The highest BCUT2D eigenvalue weighted by Crippen LogP contribution is 2.40. The zero-order valence-electron chi connectivity index (χ0n) is 13.2. The highest BCUT2D eigenvalue weighted by Gasteiger charge is 2.21. The van der Waals surface area contributed by atoms with E-state index in [2.05, 4.69) is 10.3 Å².